The third kappa shape index (κ3) is 2.41. The summed E-state index contributed by atoms with van der Waals surface area (Å²) in [7, 11) is 0. The molecule has 100 valence electrons. The summed E-state index contributed by atoms with van der Waals surface area (Å²) in [5, 5.41) is 2.66. The number of carbonyl (C=O) groups is 1. The Labute approximate surface area is 126 Å². The third-order valence-electron chi connectivity index (χ3n) is 2.71. The first-order valence-corrected chi connectivity index (χ1v) is 7.15. The summed E-state index contributed by atoms with van der Waals surface area (Å²) in [5.74, 6) is -1.10. The quantitative estimate of drug-likeness (QED) is 0.762. The first-order chi connectivity index (χ1) is 9.65. The van der Waals surface area contributed by atoms with Crippen LogP contribution in [0.3, 0.4) is 0 Å². The Hall–Kier alpha value is -1.86. The van der Waals surface area contributed by atoms with Crippen LogP contribution in [-0.2, 0) is 0 Å². The molecule has 0 unspecified atom stereocenters. The van der Waals surface area contributed by atoms with Crippen LogP contribution >= 0.6 is 27.7 Å². The van der Waals surface area contributed by atoms with E-state index in [9.17, 15) is 9.18 Å². The fourth-order valence-electron chi connectivity index (χ4n) is 1.77. The van der Waals surface area contributed by atoms with Crippen molar-refractivity contribution >= 4 is 50.3 Å². The van der Waals surface area contributed by atoms with Crippen molar-refractivity contribution in [3.05, 3.63) is 52.3 Å². The minimum absolute atomic E-state index is 0.0282. The second kappa shape index (κ2) is 5.26. The molecular weight excluding hydrogens is 345 g/mol. The molecule has 1 aromatic heterocycles. The number of halogens is 2. The zero-order valence-electron chi connectivity index (χ0n) is 9.93. The molecule has 1 heterocycles. The van der Waals surface area contributed by atoms with Crippen molar-refractivity contribution in [2.75, 3.05) is 5.32 Å². The van der Waals surface area contributed by atoms with Crippen molar-refractivity contribution in [2.45, 2.75) is 0 Å². The zero-order valence-corrected chi connectivity index (χ0v) is 12.3. The van der Waals surface area contributed by atoms with Crippen molar-refractivity contribution in [2.24, 2.45) is 0 Å². The van der Waals surface area contributed by atoms with E-state index < -0.39 is 11.7 Å². The van der Waals surface area contributed by atoms with Gasteiger partial charge in [-0.2, -0.15) is 8.75 Å². The second-order valence-electron chi connectivity index (χ2n) is 4.02. The Morgan fingerprint density at radius 2 is 2.10 bits per heavy atom. The molecule has 0 bridgehead atoms. The van der Waals surface area contributed by atoms with Gasteiger partial charge in [0.15, 0.2) is 0 Å². The number of hydrogen-bond acceptors (Lipinski definition) is 4. The van der Waals surface area contributed by atoms with Gasteiger partial charge in [0.25, 0.3) is 5.91 Å². The SMILES string of the molecule is O=C(Nc1cccc2nsnc12)c1cc(Br)ccc1F. The monoisotopic (exact) mass is 351 g/mol. The fraction of sp³-hybridized carbons (Fsp3) is 0. The van der Waals surface area contributed by atoms with E-state index in [0.717, 1.165) is 11.7 Å². The summed E-state index contributed by atoms with van der Waals surface area (Å²) in [6.45, 7) is 0. The molecule has 20 heavy (non-hydrogen) atoms. The predicted octanol–water partition coefficient (Wildman–Crippen LogP) is 3.85. The molecule has 3 aromatic rings. The number of fused-ring (bicyclic) bond motifs is 1. The smallest absolute Gasteiger partial charge is 0.258 e. The maximum Gasteiger partial charge on any atom is 0.258 e. The Bertz CT molecular complexity index is 805. The summed E-state index contributed by atoms with van der Waals surface area (Å²) < 4.78 is 22.5. The normalized spacial score (nSPS) is 10.7. The number of anilines is 1. The average Bonchev–Trinajstić information content (AvgIpc) is 2.91. The number of nitrogens with one attached hydrogen (secondary N) is 1. The van der Waals surface area contributed by atoms with Crippen molar-refractivity contribution in [1.82, 2.24) is 8.75 Å². The molecule has 0 aliphatic rings. The van der Waals surface area contributed by atoms with Gasteiger partial charge in [0.2, 0.25) is 0 Å². The largest absolute Gasteiger partial charge is 0.320 e. The summed E-state index contributed by atoms with van der Waals surface area (Å²) in [6.07, 6.45) is 0. The Balaban J connectivity index is 1.96. The molecule has 0 atom stereocenters. The zero-order chi connectivity index (χ0) is 14.1. The third-order valence-corrected chi connectivity index (χ3v) is 3.74. The lowest BCUT2D eigenvalue weighted by atomic mass is 10.2. The van der Waals surface area contributed by atoms with Gasteiger partial charge in [-0.25, -0.2) is 4.39 Å². The molecule has 3 rings (SSSR count). The van der Waals surface area contributed by atoms with Crippen LogP contribution in [0.15, 0.2) is 40.9 Å². The Morgan fingerprint density at radius 1 is 1.25 bits per heavy atom. The predicted molar refractivity (Wildman–Crippen MR) is 79.5 cm³/mol. The van der Waals surface area contributed by atoms with Gasteiger partial charge in [0, 0.05) is 4.47 Å². The molecule has 0 radical (unpaired) electrons. The second-order valence-corrected chi connectivity index (χ2v) is 5.46. The van der Waals surface area contributed by atoms with Crippen molar-refractivity contribution in [1.29, 1.82) is 0 Å². The highest BCUT2D eigenvalue weighted by Gasteiger charge is 2.14. The lowest BCUT2D eigenvalue weighted by Gasteiger charge is -2.06. The topological polar surface area (TPSA) is 54.9 Å². The molecular formula is C13H7BrFN3OS. The van der Waals surface area contributed by atoms with Gasteiger partial charge in [-0.15, -0.1) is 0 Å². The van der Waals surface area contributed by atoms with E-state index in [4.69, 9.17) is 0 Å². The van der Waals surface area contributed by atoms with E-state index in [1.54, 1.807) is 18.2 Å². The lowest BCUT2D eigenvalue weighted by Crippen LogP contribution is -2.14. The molecule has 2 aromatic carbocycles. The van der Waals surface area contributed by atoms with E-state index in [-0.39, 0.29) is 5.56 Å². The standard InChI is InChI=1S/C13H7BrFN3OS/c14-7-4-5-9(15)8(6-7)13(19)16-10-2-1-3-11-12(10)18-20-17-11/h1-6H,(H,16,19). The van der Waals surface area contributed by atoms with E-state index in [1.807, 2.05) is 0 Å². The average molecular weight is 352 g/mol. The highest BCUT2D eigenvalue weighted by molar-refractivity contribution is 9.10. The fourth-order valence-corrected chi connectivity index (χ4v) is 2.68. The summed E-state index contributed by atoms with van der Waals surface area (Å²) in [4.78, 5) is 12.1. The molecule has 1 amide bonds. The molecule has 0 aliphatic heterocycles. The number of nitrogens with zero attached hydrogens (tertiary/aromatic N) is 2. The highest BCUT2D eigenvalue weighted by Crippen LogP contribution is 2.23. The summed E-state index contributed by atoms with van der Waals surface area (Å²) in [5.41, 5.74) is 1.78. The summed E-state index contributed by atoms with van der Waals surface area (Å²) in [6, 6.07) is 9.48. The van der Waals surface area contributed by atoms with Crippen molar-refractivity contribution in [3.8, 4) is 0 Å². The number of hydrogen-bond donors (Lipinski definition) is 1. The Morgan fingerprint density at radius 3 is 2.95 bits per heavy atom. The van der Waals surface area contributed by atoms with Gasteiger partial charge < -0.3 is 5.32 Å². The Kier molecular flexibility index (Phi) is 3.45. The molecule has 0 saturated heterocycles. The van der Waals surface area contributed by atoms with Gasteiger partial charge in [-0.3, -0.25) is 4.79 Å². The maximum absolute atomic E-state index is 13.7. The van der Waals surface area contributed by atoms with Gasteiger partial charge in [0.1, 0.15) is 16.9 Å². The molecule has 0 fully saturated rings. The number of rotatable bonds is 2. The minimum Gasteiger partial charge on any atom is -0.320 e. The van der Waals surface area contributed by atoms with Crippen LogP contribution < -0.4 is 5.32 Å². The van der Waals surface area contributed by atoms with Crippen molar-refractivity contribution in [3.63, 3.8) is 0 Å². The van der Waals surface area contributed by atoms with Crippen LogP contribution in [0.1, 0.15) is 10.4 Å². The molecule has 0 aliphatic carbocycles. The van der Waals surface area contributed by atoms with E-state index in [1.165, 1.54) is 18.2 Å². The summed E-state index contributed by atoms with van der Waals surface area (Å²) >= 11 is 4.28. The van der Waals surface area contributed by atoms with Gasteiger partial charge in [-0.1, -0.05) is 22.0 Å². The van der Waals surface area contributed by atoms with Crippen LogP contribution in [0, 0.1) is 5.82 Å². The van der Waals surface area contributed by atoms with Crippen LogP contribution in [-0.4, -0.2) is 14.7 Å². The molecule has 1 N–H and O–H groups in total. The van der Waals surface area contributed by atoms with E-state index >= 15 is 0 Å². The number of aromatic nitrogens is 2. The molecule has 4 nitrogen and oxygen atoms in total. The number of benzene rings is 2. The number of carbonyl (C=O) groups excluding carboxylic acids is 1. The number of amides is 1. The first kappa shape index (κ1) is 13.1. The van der Waals surface area contributed by atoms with Crippen molar-refractivity contribution < 1.29 is 9.18 Å². The van der Waals surface area contributed by atoms with Crippen LogP contribution in [0.2, 0.25) is 0 Å². The molecule has 7 heteroatoms. The minimum atomic E-state index is -0.575. The van der Waals surface area contributed by atoms with Crippen LogP contribution in [0.25, 0.3) is 11.0 Å². The lowest BCUT2D eigenvalue weighted by molar-refractivity contribution is 0.102. The first-order valence-electron chi connectivity index (χ1n) is 5.63. The molecule has 0 spiro atoms. The van der Waals surface area contributed by atoms with Crippen LogP contribution in [0.5, 0.6) is 0 Å². The van der Waals surface area contributed by atoms with Gasteiger partial charge >= 0.3 is 0 Å². The molecule has 0 saturated carbocycles. The van der Waals surface area contributed by atoms with Gasteiger partial charge in [0.05, 0.1) is 23.0 Å². The van der Waals surface area contributed by atoms with E-state index in [0.29, 0.717) is 21.2 Å². The van der Waals surface area contributed by atoms with Crippen LogP contribution in [0.4, 0.5) is 10.1 Å². The maximum atomic E-state index is 13.7. The van der Waals surface area contributed by atoms with Gasteiger partial charge in [-0.05, 0) is 30.3 Å². The highest BCUT2D eigenvalue weighted by atomic mass is 79.9. The van der Waals surface area contributed by atoms with E-state index in [2.05, 4.69) is 30.0 Å².